The zero-order valence-electron chi connectivity index (χ0n) is 18.3. The zero-order valence-corrected chi connectivity index (χ0v) is 19.1. The second kappa shape index (κ2) is 10.1. The largest absolute Gasteiger partial charge is 0.497 e. The first-order chi connectivity index (χ1) is 15.6. The maximum atomic E-state index is 14.2. The minimum atomic E-state index is -0.184. The fraction of sp³-hybridized carbons (Fsp3) is 0.320. The Morgan fingerprint density at radius 1 is 1.03 bits per heavy atom. The van der Waals surface area contributed by atoms with Crippen LogP contribution in [-0.2, 0) is 0 Å². The van der Waals surface area contributed by atoms with Gasteiger partial charge in [-0.05, 0) is 54.8 Å². The first kappa shape index (κ1) is 22.3. The zero-order chi connectivity index (χ0) is 22.5. The van der Waals surface area contributed by atoms with Crippen molar-refractivity contribution < 1.29 is 13.9 Å². The van der Waals surface area contributed by atoms with Gasteiger partial charge < -0.3 is 15.0 Å². The molecule has 0 unspecified atom stereocenters. The summed E-state index contributed by atoms with van der Waals surface area (Å²) >= 11 is 1.70. The molecule has 2 heterocycles. The molecule has 2 aromatic carbocycles. The van der Waals surface area contributed by atoms with Crippen LogP contribution in [0.4, 0.5) is 10.1 Å². The fourth-order valence-electron chi connectivity index (χ4n) is 4.26. The summed E-state index contributed by atoms with van der Waals surface area (Å²) < 4.78 is 19.4. The van der Waals surface area contributed by atoms with E-state index in [-0.39, 0.29) is 23.8 Å². The number of rotatable bonds is 7. The average molecular weight is 454 g/mol. The molecule has 0 radical (unpaired) electrons. The number of hydrogen-bond donors (Lipinski definition) is 1. The van der Waals surface area contributed by atoms with Crippen molar-refractivity contribution in [3.63, 3.8) is 0 Å². The molecular formula is C25H28FN3O2S. The van der Waals surface area contributed by atoms with Crippen molar-refractivity contribution in [2.45, 2.75) is 19.0 Å². The van der Waals surface area contributed by atoms with Crippen molar-refractivity contribution in [1.82, 2.24) is 10.2 Å². The van der Waals surface area contributed by atoms with Crippen LogP contribution in [0.3, 0.4) is 0 Å². The van der Waals surface area contributed by atoms with E-state index >= 15 is 0 Å². The Hall–Kier alpha value is -2.90. The molecule has 0 spiro atoms. The van der Waals surface area contributed by atoms with E-state index in [1.807, 2.05) is 18.2 Å². The van der Waals surface area contributed by atoms with E-state index in [1.165, 1.54) is 10.9 Å². The highest BCUT2D eigenvalue weighted by molar-refractivity contribution is 7.10. The van der Waals surface area contributed by atoms with E-state index in [4.69, 9.17) is 4.74 Å². The summed E-state index contributed by atoms with van der Waals surface area (Å²) in [4.78, 5) is 18.6. The van der Waals surface area contributed by atoms with Gasteiger partial charge in [0, 0.05) is 42.7 Å². The first-order valence-electron chi connectivity index (χ1n) is 10.8. The van der Waals surface area contributed by atoms with Crippen LogP contribution in [0, 0.1) is 5.82 Å². The summed E-state index contributed by atoms with van der Waals surface area (Å²) in [6.45, 7) is 5.11. The van der Waals surface area contributed by atoms with Gasteiger partial charge in [-0.3, -0.25) is 9.69 Å². The summed E-state index contributed by atoms with van der Waals surface area (Å²) in [6, 6.07) is 18.2. The molecule has 3 aromatic rings. The summed E-state index contributed by atoms with van der Waals surface area (Å²) in [5, 5.41) is 5.25. The second-order valence-electron chi connectivity index (χ2n) is 7.93. The number of hydrogen-bond acceptors (Lipinski definition) is 5. The van der Waals surface area contributed by atoms with Crippen molar-refractivity contribution >= 4 is 22.9 Å². The predicted octanol–water partition coefficient (Wildman–Crippen LogP) is 4.58. The highest BCUT2D eigenvalue weighted by Crippen LogP contribution is 2.31. The molecule has 0 bridgehead atoms. The van der Waals surface area contributed by atoms with Crippen LogP contribution in [0.15, 0.2) is 66.0 Å². The number of para-hydroxylation sites is 1. The summed E-state index contributed by atoms with van der Waals surface area (Å²) in [5.41, 5.74) is 1.26. The second-order valence-corrected chi connectivity index (χ2v) is 8.90. The Morgan fingerprint density at radius 3 is 2.38 bits per heavy atom. The Bertz CT molecular complexity index is 1020. The van der Waals surface area contributed by atoms with Gasteiger partial charge in [0.15, 0.2) is 0 Å². The van der Waals surface area contributed by atoms with Crippen molar-refractivity contribution in [3.05, 3.63) is 82.3 Å². The van der Waals surface area contributed by atoms with E-state index in [2.05, 4.69) is 33.5 Å². The summed E-state index contributed by atoms with van der Waals surface area (Å²) in [6.07, 6.45) is 0. The molecular weight excluding hydrogens is 425 g/mol. The van der Waals surface area contributed by atoms with E-state index < -0.39 is 0 Å². The third kappa shape index (κ3) is 4.95. The number of carbonyl (C=O) groups excluding carboxylic acids is 1. The first-order valence-corrected chi connectivity index (χ1v) is 11.7. The molecule has 0 saturated carbocycles. The molecule has 1 aliphatic heterocycles. The molecule has 1 aromatic heterocycles. The van der Waals surface area contributed by atoms with Crippen LogP contribution in [0.1, 0.15) is 28.2 Å². The summed E-state index contributed by atoms with van der Waals surface area (Å²) in [7, 11) is 1.61. The number of halogens is 1. The number of nitrogens with zero attached hydrogens (tertiary/aromatic N) is 2. The molecule has 1 amide bonds. The summed E-state index contributed by atoms with van der Waals surface area (Å²) in [5.74, 6) is 0.432. The molecule has 0 aliphatic carbocycles. The monoisotopic (exact) mass is 453 g/mol. The number of amides is 1. The van der Waals surface area contributed by atoms with Crippen LogP contribution in [-0.4, -0.2) is 50.1 Å². The van der Waals surface area contributed by atoms with Gasteiger partial charge in [-0.1, -0.05) is 18.2 Å². The van der Waals surface area contributed by atoms with Gasteiger partial charge >= 0.3 is 0 Å². The standard InChI is InChI=1S/C25H28FN3O2S/c1-18(27-25(30)19-9-11-20(31-2)12-10-19)24(23-8-5-17-32-23)29-15-13-28(14-16-29)22-7-4-3-6-21(22)26/h3-12,17-18,24H,13-16H2,1-2H3,(H,27,30)/t18-,24-/m0/s1. The van der Waals surface area contributed by atoms with Crippen LogP contribution in [0.2, 0.25) is 0 Å². The molecule has 5 nitrogen and oxygen atoms in total. The quantitative estimate of drug-likeness (QED) is 0.569. The van der Waals surface area contributed by atoms with Crippen molar-refractivity contribution in [3.8, 4) is 5.75 Å². The third-order valence-corrected chi connectivity index (χ3v) is 6.86. The molecule has 2 atom stereocenters. The van der Waals surface area contributed by atoms with Gasteiger partial charge in [0.25, 0.3) is 5.91 Å². The van der Waals surface area contributed by atoms with Gasteiger partial charge in [-0.25, -0.2) is 4.39 Å². The lowest BCUT2D eigenvalue weighted by atomic mass is 10.0. The Labute approximate surface area is 192 Å². The molecule has 7 heteroatoms. The number of thiophene rings is 1. The molecule has 32 heavy (non-hydrogen) atoms. The van der Waals surface area contributed by atoms with Gasteiger partial charge in [0.1, 0.15) is 11.6 Å². The molecule has 168 valence electrons. The molecule has 1 N–H and O–H groups in total. The Kier molecular flexibility index (Phi) is 7.07. The maximum absolute atomic E-state index is 14.2. The highest BCUT2D eigenvalue weighted by atomic mass is 32.1. The number of methoxy groups -OCH3 is 1. The molecule has 1 fully saturated rings. The van der Waals surface area contributed by atoms with Gasteiger partial charge in [-0.2, -0.15) is 0 Å². The van der Waals surface area contributed by atoms with Crippen LogP contribution in [0.5, 0.6) is 5.75 Å². The van der Waals surface area contributed by atoms with Crippen LogP contribution >= 0.6 is 11.3 Å². The SMILES string of the molecule is COc1ccc(C(=O)N[C@@H](C)[C@@H](c2cccs2)N2CCN(c3ccccc3F)CC2)cc1. The van der Waals surface area contributed by atoms with Gasteiger partial charge in [0.05, 0.1) is 18.8 Å². The average Bonchev–Trinajstić information content (AvgIpc) is 3.34. The van der Waals surface area contributed by atoms with E-state index in [1.54, 1.807) is 48.8 Å². The number of carbonyl (C=O) groups is 1. The van der Waals surface area contributed by atoms with E-state index in [9.17, 15) is 9.18 Å². The lowest BCUT2D eigenvalue weighted by Gasteiger charge is -2.42. The number of piperazine rings is 1. The van der Waals surface area contributed by atoms with Crippen molar-refractivity contribution in [1.29, 1.82) is 0 Å². The Balaban J connectivity index is 1.46. The van der Waals surface area contributed by atoms with Gasteiger partial charge in [-0.15, -0.1) is 11.3 Å². The van der Waals surface area contributed by atoms with E-state index in [0.717, 1.165) is 31.9 Å². The number of benzene rings is 2. The third-order valence-electron chi connectivity index (χ3n) is 5.92. The van der Waals surface area contributed by atoms with Crippen molar-refractivity contribution in [2.75, 3.05) is 38.2 Å². The van der Waals surface area contributed by atoms with Crippen LogP contribution < -0.4 is 15.0 Å². The normalized spacial score (nSPS) is 16.4. The lowest BCUT2D eigenvalue weighted by Crippen LogP contribution is -2.52. The fourth-order valence-corrected chi connectivity index (χ4v) is 5.23. The predicted molar refractivity (Wildman–Crippen MR) is 127 cm³/mol. The molecule has 1 saturated heterocycles. The topological polar surface area (TPSA) is 44.8 Å². The smallest absolute Gasteiger partial charge is 0.251 e. The Morgan fingerprint density at radius 2 is 1.75 bits per heavy atom. The number of anilines is 1. The van der Waals surface area contributed by atoms with E-state index in [0.29, 0.717) is 11.3 Å². The van der Waals surface area contributed by atoms with Crippen LogP contribution in [0.25, 0.3) is 0 Å². The minimum Gasteiger partial charge on any atom is -0.497 e. The number of ether oxygens (including phenoxy) is 1. The lowest BCUT2D eigenvalue weighted by molar-refractivity contribution is 0.0890. The van der Waals surface area contributed by atoms with Crippen molar-refractivity contribution in [2.24, 2.45) is 0 Å². The molecule has 4 rings (SSSR count). The number of nitrogens with one attached hydrogen (secondary N) is 1. The maximum Gasteiger partial charge on any atom is 0.251 e. The highest BCUT2D eigenvalue weighted by Gasteiger charge is 2.31. The minimum absolute atomic E-state index is 0.0555. The van der Waals surface area contributed by atoms with Gasteiger partial charge in [0.2, 0.25) is 0 Å². The molecule has 1 aliphatic rings.